The van der Waals surface area contributed by atoms with Crippen molar-refractivity contribution in [2.45, 2.75) is 6.42 Å². The predicted octanol–water partition coefficient (Wildman–Crippen LogP) is 1.16. The summed E-state index contributed by atoms with van der Waals surface area (Å²) in [6.45, 7) is 0.600. The van der Waals surface area contributed by atoms with Gasteiger partial charge in [-0.3, -0.25) is 9.42 Å². The first kappa shape index (κ1) is 11.6. The Morgan fingerprint density at radius 2 is 2.37 bits per heavy atom. The molecule has 0 bridgehead atoms. The SMILES string of the molecule is O=C(c1ccc2c(c1)no[n+]2[O-])N1CC=C(F)CC1. The van der Waals surface area contributed by atoms with Crippen LogP contribution in [0.2, 0.25) is 0 Å². The Bertz CT molecular complexity index is 680. The molecule has 1 aliphatic heterocycles. The average molecular weight is 263 g/mol. The number of halogens is 1. The fourth-order valence-electron chi connectivity index (χ4n) is 2.02. The van der Waals surface area contributed by atoms with E-state index in [2.05, 4.69) is 9.79 Å². The van der Waals surface area contributed by atoms with Crippen molar-refractivity contribution in [2.24, 2.45) is 0 Å². The molecule has 2 heterocycles. The highest BCUT2D eigenvalue weighted by Crippen LogP contribution is 2.16. The van der Waals surface area contributed by atoms with Crippen LogP contribution in [0.25, 0.3) is 11.0 Å². The minimum absolute atomic E-state index is 0.191. The molecule has 0 radical (unpaired) electrons. The fourth-order valence-corrected chi connectivity index (χ4v) is 2.02. The lowest BCUT2D eigenvalue weighted by atomic mass is 10.1. The first-order valence-corrected chi connectivity index (χ1v) is 5.78. The summed E-state index contributed by atoms with van der Waals surface area (Å²) in [7, 11) is 0. The third kappa shape index (κ3) is 2.03. The second kappa shape index (κ2) is 4.34. The summed E-state index contributed by atoms with van der Waals surface area (Å²) in [5.41, 5.74) is 0.984. The van der Waals surface area contributed by atoms with Crippen molar-refractivity contribution < 1.29 is 18.7 Å². The maximum Gasteiger partial charge on any atom is 0.254 e. The van der Waals surface area contributed by atoms with Gasteiger partial charge in [-0.2, -0.15) is 0 Å². The monoisotopic (exact) mass is 263 g/mol. The van der Waals surface area contributed by atoms with E-state index in [-0.39, 0.29) is 35.1 Å². The topological polar surface area (TPSA) is 73.3 Å². The Morgan fingerprint density at radius 1 is 1.53 bits per heavy atom. The maximum atomic E-state index is 12.9. The predicted molar refractivity (Wildman–Crippen MR) is 62.7 cm³/mol. The number of nitrogens with zero attached hydrogens (tertiary/aromatic N) is 3. The molecular weight excluding hydrogens is 253 g/mol. The minimum atomic E-state index is -0.217. The molecule has 1 aromatic heterocycles. The molecule has 7 heteroatoms. The average Bonchev–Trinajstić information content (AvgIpc) is 2.80. The molecule has 0 saturated carbocycles. The van der Waals surface area contributed by atoms with Gasteiger partial charge in [-0.25, -0.2) is 4.39 Å². The smallest absolute Gasteiger partial charge is 0.254 e. The summed E-state index contributed by atoms with van der Waals surface area (Å²) in [5.74, 6) is -0.408. The summed E-state index contributed by atoms with van der Waals surface area (Å²) in [6.07, 6.45) is 1.63. The lowest BCUT2D eigenvalue weighted by Gasteiger charge is -2.24. The number of carbonyl (C=O) groups is 1. The number of hydrogen-bond donors (Lipinski definition) is 0. The fraction of sp³-hybridized carbons (Fsp3) is 0.250. The van der Waals surface area contributed by atoms with Crippen molar-refractivity contribution in [3.8, 4) is 0 Å². The zero-order valence-corrected chi connectivity index (χ0v) is 9.88. The third-order valence-corrected chi connectivity index (χ3v) is 3.07. The van der Waals surface area contributed by atoms with Crippen LogP contribution in [-0.4, -0.2) is 29.1 Å². The molecule has 0 atom stereocenters. The van der Waals surface area contributed by atoms with Gasteiger partial charge < -0.3 is 10.1 Å². The van der Waals surface area contributed by atoms with Crippen LogP contribution in [0.5, 0.6) is 0 Å². The van der Waals surface area contributed by atoms with Crippen molar-refractivity contribution in [3.63, 3.8) is 0 Å². The van der Waals surface area contributed by atoms with Gasteiger partial charge in [0.05, 0.1) is 5.83 Å². The molecule has 98 valence electrons. The molecule has 1 aromatic carbocycles. The van der Waals surface area contributed by atoms with E-state index < -0.39 is 0 Å². The molecule has 0 N–H and O–H groups in total. The highest BCUT2D eigenvalue weighted by Gasteiger charge is 2.20. The van der Waals surface area contributed by atoms with Crippen LogP contribution in [0.1, 0.15) is 16.8 Å². The highest BCUT2D eigenvalue weighted by molar-refractivity contribution is 5.97. The molecule has 1 aliphatic rings. The second-order valence-electron chi connectivity index (χ2n) is 4.29. The van der Waals surface area contributed by atoms with Crippen LogP contribution in [0.3, 0.4) is 0 Å². The first-order chi connectivity index (χ1) is 9.15. The van der Waals surface area contributed by atoms with Gasteiger partial charge >= 0.3 is 0 Å². The standard InChI is InChI=1S/C12H10FN3O3/c13-9-3-5-15(6-4-9)12(17)8-1-2-11-10(7-8)14-19-16(11)18/h1-3,7H,4-6H2. The third-order valence-electron chi connectivity index (χ3n) is 3.07. The van der Waals surface area contributed by atoms with Crippen molar-refractivity contribution in [2.75, 3.05) is 13.1 Å². The second-order valence-corrected chi connectivity index (χ2v) is 4.29. The summed E-state index contributed by atoms with van der Waals surface area (Å²) in [6, 6.07) is 4.50. The van der Waals surface area contributed by atoms with E-state index in [4.69, 9.17) is 0 Å². The maximum absolute atomic E-state index is 12.9. The van der Waals surface area contributed by atoms with Crippen LogP contribution < -0.4 is 4.90 Å². The van der Waals surface area contributed by atoms with Crippen LogP contribution >= 0.6 is 0 Å². The van der Waals surface area contributed by atoms with E-state index in [1.807, 2.05) is 0 Å². The highest BCUT2D eigenvalue weighted by atomic mass is 19.1. The molecule has 0 fully saturated rings. The van der Waals surface area contributed by atoms with E-state index in [1.165, 1.54) is 29.2 Å². The summed E-state index contributed by atoms with van der Waals surface area (Å²) in [5, 5.41) is 14.7. The first-order valence-electron chi connectivity index (χ1n) is 5.78. The van der Waals surface area contributed by atoms with Crippen LogP contribution in [-0.2, 0) is 0 Å². The van der Waals surface area contributed by atoms with Crippen LogP contribution in [0, 0.1) is 5.21 Å². The number of amides is 1. The molecule has 19 heavy (non-hydrogen) atoms. The number of aromatic nitrogens is 2. The Morgan fingerprint density at radius 3 is 3.11 bits per heavy atom. The Labute approximate surface area is 107 Å². The van der Waals surface area contributed by atoms with Crippen molar-refractivity contribution in [1.82, 2.24) is 10.1 Å². The van der Waals surface area contributed by atoms with Gasteiger partial charge in [-0.05, 0) is 23.1 Å². The number of rotatable bonds is 1. The molecule has 0 unspecified atom stereocenters. The molecule has 0 saturated heterocycles. The zero-order chi connectivity index (χ0) is 13.4. The largest absolute Gasteiger partial charge is 0.359 e. The van der Waals surface area contributed by atoms with E-state index in [0.717, 1.165) is 0 Å². The van der Waals surface area contributed by atoms with Gasteiger partial charge in [0.1, 0.15) is 0 Å². The Hall–Kier alpha value is -2.44. The lowest BCUT2D eigenvalue weighted by molar-refractivity contribution is -0.782. The Kier molecular flexibility index (Phi) is 2.66. The van der Waals surface area contributed by atoms with E-state index >= 15 is 0 Å². The van der Waals surface area contributed by atoms with Gasteiger partial charge in [0, 0.05) is 36.3 Å². The molecular formula is C12H10FN3O3. The zero-order valence-electron chi connectivity index (χ0n) is 9.88. The molecule has 3 rings (SSSR count). The van der Waals surface area contributed by atoms with Crippen molar-refractivity contribution in [1.29, 1.82) is 0 Å². The quantitative estimate of drug-likeness (QED) is 0.724. The molecule has 0 aliphatic carbocycles. The molecule has 1 amide bonds. The van der Waals surface area contributed by atoms with E-state index in [1.54, 1.807) is 0 Å². The van der Waals surface area contributed by atoms with Gasteiger partial charge in [0.25, 0.3) is 5.91 Å². The van der Waals surface area contributed by atoms with Gasteiger partial charge in [0.15, 0.2) is 0 Å². The normalized spacial score (nSPS) is 15.6. The van der Waals surface area contributed by atoms with Crippen molar-refractivity contribution >= 4 is 16.9 Å². The van der Waals surface area contributed by atoms with Gasteiger partial charge in [0.2, 0.25) is 11.0 Å². The van der Waals surface area contributed by atoms with E-state index in [0.29, 0.717) is 17.6 Å². The van der Waals surface area contributed by atoms with E-state index in [9.17, 15) is 14.4 Å². The summed E-state index contributed by atoms with van der Waals surface area (Å²) >= 11 is 0. The molecule has 2 aromatic rings. The number of hydrogen-bond acceptors (Lipinski definition) is 4. The van der Waals surface area contributed by atoms with Gasteiger partial charge in [-0.15, -0.1) is 0 Å². The summed E-state index contributed by atoms with van der Waals surface area (Å²) in [4.78, 5) is 14.0. The number of benzene rings is 1. The Balaban J connectivity index is 1.89. The van der Waals surface area contributed by atoms with Crippen molar-refractivity contribution in [3.05, 3.63) is 40.9 Å². The molecule has 6 nitrogen and oxygen atoms in total. The van der Waals surface area contributed by atoms with Crippen LogP contribution in [0.4, 0.5) is 4.39 Å². The number of carbonyl (C=O) groups excluding carboxylic acids is 1. The molecule has 0 spiro atoms. The van der Waals surface area contributed by atoms with Gasteiger partial charge in [-0.1, -0.05) is 0 Å². The number of fused-ring (bicyclic) bond motifs is 1. The minimum Gasteiger partial charge on any atom is -0.359 e. The van der Waals surface area contributed by atoms with Crippen LogP contribution in [0.15, 0.2) is 34.7 Å². The lowest BCUT2D eigenvalue weighted by Crippen LogP contribution is -2.34. The summed E-state index contributed by atoms with van der Waals surface area (Å²) < 4.78 is 17.3.